The van der Waals surface area contributed by atoms with Crippen molar-refractivity contribution in [2.75, 3.05) is 23.3 Å². The topological polar surface area (TPSA) is 44.3 Å². The molecular weight excluding hydrogens is 406 g/mol. The van der Waals surface area contributed by atoms with Crippen LogP contribution in [-0.4, -0.2) is 34.0 Å². The second-order valence-electron chi connectivity index (χ2n) is 10.1. The van der Waals surface area contributed by atoms with E-state index in [-0.39, 0.29) is 0 Å². The molecule has 0 spiro atoms. The van der Waals surface area contributed by atoms with Crippen molar-refractivity contribution in [3.63, 3.8) is 0 Å². The molecule has 2 heterocycles. The van der Waals surface area contributed by atoms with Gasteiger partial charge in [0.2, 0.25) is 5.95 Å². The van der Waals surface area contributed by atoms with E-state index in [1.807, 2.05) is 6.20 Å². The van der Waals surface area contributed by atoms with E-state index in [1.54, 1.807) is 0 Å². The van der Waals surface area contributed by atoms with E-state index in [2.05, 4.69) is 78.6 Å². The smallest absolute Gasteiger partial charge is 0.229 e. The molecule has 2 atom stereocenters. The van der Waals surface area contributed by atoms with Crippen molar-refractivity contribution in [3.8, 4) is 0 Å². The molecule has 0 bridgehead atoms. The first-order chi connectivity index (χ1) is 16.0. The molecule has 33 heavy (non-hydrogen) atoms. The Morgan fingerprint density at radius 2 is 1.94 bits per heavy atom. The van der Waals surface area contributed by atoms with Gasteiger partial charge in [0.05, 0.1) is 0 Å². The number of nitrogens with one attached hydrogen (secondary N) is 1. The van der Waals surface area contributed by atoms with Gasteiger partial charge in [-0.1, -0.05) is 58.7 Å². The van der Waals surface area contributed by atoms with Gasteiger partial charge in [0.1, 0.15) is 11.6 Å². The standard InChI is InChI=1S/C28H41N5/c1-6-7-8-16-33-23(5)32(26-21(3)12-10-13-22(26)4)17-15-24-19-29-28(31-27(24)33)30-25-14-9-11-20(2)18-25/h9,11,14,18-19,21-22,26H,5-8,10,12-13,15-17H2,1-4H3,(H,29,30,31). The molecule has 1 aromatic carbocycles. The molecule has 2 aliphatic rings. The summed E-state index contributed by atoms with van der Waals surface area (Å²) in [6.07, 6.45) is 10.5. The lowest BCUT2D eigenvalue weighted by Gasteiger charge is -2.46. The molecule has 178 valence electrons. The van der Waals surface area contributed by atoms with Gasteiger partial charge >= 0.3 is 0 Å². The molecule has 1 aliphatic heterocycles. The number of rotatable bonds is 7. The third-order valence-corrected chi connectivity index (χ3v) is 7.47. The summed E-state index contributed by atoms with van der Waals surface area (Å²) in [7, 11) is 0. The van der Waals surface area contributed by atoms with Crippen LogP contribution < -0.4 is 10.2 Å². The van der Waals surface area contributed by atoms with E-state index in [9.17, 15) is 0 Å². The summed E-state index contributed by atoms with van der Waals surface area (Å²) < 4.78 is 0. The van der Waals surface area contributed by atoms with E-state index < -0.39 is 0 Å². The summed E-state index contributed by atoms with van der Waals surface area (Å²) in [6, 6.07) is 8.90. The van der Waals surface area contributed by atoms with Crippen molar-refractivity contribution < 1.29 is 0 Å². The highest BCUT2D eigenvalue weighted by Crippen LogP contribution is 2.38. The number of nitrogens with zero attached hydrogens (tertiary/aromatic N) is 4. The molecule has 1 fully saturated rings. The van der Waals surface area contributed by atoms with Crippen LogP contribution in [0, 0.1) is 18.8 Å². The van der Waals surface area contributed by atoms with Gasteiger partial charge in [-0.3, -0.25) is 0 Å². The van der Waals surface area contributed by atoms with E-state index in [0.717, 1.165) is 43.3 Å². The fourth-order valence-electron chi connectivity index (χ4n) is 5.72. The van der Waals surface area contributed by atoms with Crippen molar-refractivity contribution in [1.82, 2.24) is 14.9 Å². The van der Waals surface area contributed by atoms with Gasteiger partial charge < -0.3 is 15.1 Å². The van der Waals surface area contributed by atoms with Crippen molar-refractivity contribution in [2.24, 2.45) is 11.8 Å². The Bertz CT molecular complexity index is 945. The quantitative estimate of drug-likeness (QED) is 0.480. The molecular formula is C28H41N5. The number of hydrogen-bond donors (Lipinski definition) is 1. The molecule has 4 rings (SSSR count). The maximum Gasteiger partial charge on any atom is 0.229 e. The number of anilines is 3. The third-order valence-electron chi connectivity index (χ3n) is 7.47. The van der Waals surface area contributed by atoms with E-state index in [1.165, 1.54) is 43.2 Å². The molecule has 1 N–H and O–H groups in total. The number of unbranched alkanes of at least 4 members (excludes halogenated alkanes) is 2. The minimum Gasteiger partial charge on any atom is -0.355 e. The minimum atomic E-state index is 0.548. The Kier molecular flexibility index (Phi) is 7.56. The van der Waals surface area contributed by atoms with Gasteiger partial charge in [-0.25, -0.2) is 4.98 Å². The average molecular weight is 448 g/mol. The highest BCUT2D eigenvalue weighted by atomic mass is 15.4. The van der Waals surface area contributed by atoms with Crippen LogP contribution in [0.25, 0.3) is 0 Å². The number of benzene rings is 1. The number of aromatic nitrogens is 2. The predicted octanol–water partition coefficient (Wildman–Crippen LogP) is 6.68. The van der Waals surface area contributed by atoms with Gasteiger partial charge in [0.15, 0.2) is 0 Å². The van der Waals surface area contributed by atoms with Gasteiger partial charge in [0.25, 0.3) is 0 Å². The van der Waals surface area contributed by atoms with Crippen LogP contribution >= 0.6 is 0 Å². The Labute approximate surface area is 200 Å². The molecule has 1 aromatic heterocycles. The molecule has 1 aliphatic carbocycles. The molecule has 1 saturated carbocycles. The van der Waals surface area contributed by atoms with Crippen molar-refractivity contribution in [3.05, 3.63) is 54.0 Å². The third kappa shape index (κ3) is 5.34. The van der Waals surface area contributed by atoms with Crippen LogP contribution in [-0.2, 0) is 6.42 Å². The van der Waals surface area contributed by atoms with Gasteiger partial charge in [0, 0.05) is 36.6 Å². The fraction of sp³-hybridized carbons (Fsp3) is 0.571. The molecule has 0 saturated heterocycles. The van der Waals surface area contributed by atoms with Crippen LogP contribution in [0.5, 0.6) is 0 Å². The zero-order valence-corrected chi connectivity index (χ0v) is 21.0. The fourth-order valence-corrected chi connectivity index (χ4v) is 5.72. The summed E-state index contributed by atoms with van der Waals surface area (Å²) >= 11 is 0. The van der Waals surface area contributed by atoms with Gasteiger partial charge in [-0.2, -0.15) is 4.98 Å². The summed E-state index contributed by atoms with van der Waals surface area (Å²) in [5.41, 5.74) is 3.46. The maximum absolute atomic E-state index is 5.04. The van der Waals surface area contributed by atoms with Crippen LogP contribution in [0.3, 0.4) is 0 Å². The summed E-state index contributed by atoms with van der Waals surface area (Å²) in [5.74, 6) is 4.18. The SMILES string of the molecule is C=C1N(CCCCC)c2nc(Nc3cccc(C)c3)ncc2CCN1C1C(C)CCCC1C. The summed E-state index contributed by atoms with van der Waals surface area (Å²) in [5, 5.41) is 3.41. The van der Waals surface area contributed by atoms with E-state index >= 15 is 0 Å². The second kappa shape index (κ2) is 10.6. The first-order valence-electron chi connectivity index (χ1n) is 12.9. The number of fused-ring (bicyclic) bond motifs is 1. The first-order valence-corrected chi connectivity index (χ1v) is 12.9. The maximum atomic E-state index is 5.04. The lowest BCUT2D eigenvalue weighted by molar-refractivity contribution is 0.0976. The second-order valence-corrected chi connectivity index (χ2v) is 10.1. The van der Waals surface area contributed by atoms with Gasteiger partial charge in [-0.15, -0.1) is 0 Å². The monoisotopic (exact) mass is 447 g/mol. The van der Waals surface area contributed by atoms with Crippen molar-refractivity contribution >= 4 is 17.5 Å². The number of aryl methyl sites for hydroxylation is 1. The normalized spacial score (nSPS) is 23.3. The van der Waals surface area contributed by atoms with Crippen molar-refractivity contribution in [1.29, 1.82) is 0 Å². The number of hydrogen-bond acceptors (Lipinski definition) is 5. The molecule has 2 aromatic rings. The molecule has 2 unspecified atom stereocenters. The Morgan fingerprint density at radius 1 is 1.15 bits per heavy atom. The van der Waals surface area contributed by atoms with E-state index in [0.29, 0.717) is 23.8 Å². The molecule has 0 amide bonds. The Hall–Kier alpha value is -2.56. The lowest BCUT2D eigenvalue weighted by Crippen LogP contribution is -2.49. The lowest BCUT2D eigenvalue weighted by atomic mass is 9.77. The summed E-state index contributed by atoms with van der Waals surface area (Å²) in [4.78, 5) is 14.7. The summed E-state index contributed by atoms with van der Waals surface area (Å²) in [6.45, 7) is 15.8. The molecule has 5 nitrogen and oxygen atoms in total. The molecule has 5 heteroatoms. The zero-order valence-electron chi connectivity index (χ0n) is 21.0. The molecule has 0 radical (unpaired) electrons. The van der Waals surface area contributed by atoms with Gasteiger partial charge in [-0.05, 0) is 62.1 Å². The highest BCUT2D eigenvalue weighted by molar-refractivity contribution is 5.59. The van der Waals surface area contributed by atoms with Crippen LogP contribution in [0.4, 0.5) is 17.5 Å². The average Bonchev–Trinajstić information content (AvgIpc) is 2.91. The van der Waals surface area contributed by atoms with Crippen LogP contribution in [0.1, 0.15) is 70.4 Å². The predicted molar refractivity (Wildman–Crippen MR) is 139 cm³/mol. The zero-order chi connectivity index (χ0) is 23.4. The first kappa shape index (κ1) is 23.6. The Balaban J connectivity index is 1.65. The highest BCUT2D eigenvalue weighted by Gasteiger charge is 2.36. The largest absolute Gasteiger partial charge is 0.355 e. The van der Waals surface area contributed by atoms with Crippen molar-refractivity contribution in [2.45, 2.75) is 78.7 Å². The van der Waals surface area contributed by atoms with E-state index in [4.69, 9.17) is 4.98 Å². The van der Waals surface area contributed by atoms with Crippen LogP contribution in [0.2, 0.25) is 0 Å². The Morgan fingerprint density at radius 3 is 2.67 bits per heavy atom. The van der Waals surface area contributed by atoms with Crippen LogP contribution in [0.15, 0.2) is 42.9 Å². The minimum absolute atomic E-state index is 0.548.